The first kappa shape index (κ1) is 21.5. The van der Waals surface area contributed by atoms with E-state index >= 15 is 0 Å². The summed E-state index contributed by atoms with van der Waals surface area (Å²) >= 11 is 0. The van der Waals surface area contributed by atoms with Crippen molar-refractivity contribution in [3.8, 4) is 0 Å². The summed E-state index contributed by atoms with van der Waals surface area (Å²) in [5.74, 6) is -1.62. The Hall–Kier alpha value is -3.70. The topological polar surface area (TPSA) is 105 Å². The van der Waals surface area contributed by atoms with Crippen molar-refractivity contribution < 1.29 is 22.8 Å². The molecule has 1 aliphatic rings. The minimum atomic E-state index is -4.68. The van der Waals surface area contributed by atoms with Gasteiger partial charge in [-0.1, -0.05) is 0 Å². The Morgan fingerprint density at radius 3 is 2.38 bits per heavy atom. The number of carbonyl (C=O) groups excluding carboxylic acids is 2. The molecular formula is C20H20F3N7O2. The number of rotatable bonds is 4. The highest BCUT2D eigenvalue weighted by atomic mass is 19.4. The molecule has 4 rings (SSSR count). The van der Waals surface area contributed by atoms with E-state index < -0.39 is 12.0 Å². The van der Waals surface area contributed by atoms with Gasteiger partial charge in [-0.15, -0.1) is 15.3 Å². The molecule has 1 aliphatic heterocycles. The third-order valence-corrected chi connectivity index (χ3v) is 5.09. The highest BCUT2D eigenvalue weighted by Gasteiger charge is 2.38. The van der Waals surface area contributed by atoms with Gasteiger partial charge in [0, 0.05) is 31.4 Å². The van der Waals surface area contributed by atoms with E-state index in [2.05, 4.69) is 25.9 Å². The lowest BCUT2D eigenvalue weighted by molar-refractivity contribution is -0.146. The SMILES string of the molecule is CC(=O)Nc1ccc(NC(=O)[C@H]2CCCN(c3ccc4nnc(C(F)(F)F)n4n3)C2)cc1. The highest BCUT2D eigenvalue weighted by molar-refractivity contribution is 5.94. The molecule has 12 heteroatoms. The molecule has 9 nitrogen and oxygen atoms in total. The van der Waals surface area contributed by atoms with Crippen LogP contribution in [0.1, 0.15) is 25.6 Å². The number of alkyl halides is 3. The first-order chi connectivity index (χ1) is 15.2. The van der Waals surface area contributed by atoms with Crippen molar-refractivity contribution in [3.63, 3.8) is 0 Å². The van der Waals surface area contributed by atoms with Gasteiger partial charge in [0.2, 0.25) is 11.8 Å². The van der Waals surface area contributed by atoms with Crippen molar-refractivity contribution in [1.82, 2.24) is 19.8 Å². The van der Waals surface area contributed by atoms with Crippen LogP contribution in [0.2, 0.25) is 0 Å². The van der Waals surface area contributed by atoms with E-state index in [0.29, 0.717) is 47.6 Å². The van der Waals surface area contributed by atoms with Crippen LogP contribution < -0.4 is 15.5 Å². The normalized spacial score (nSPS) is 16.8. The molecular weight excluding hydrogens is 427 g/mol. The van der Waals surface area contributed by atoms with Gasteiger partial charge in [0.1, 0.15) is 5.82 Å². The Kier molecular flexibility index (Phi) is 5.68. The minimum Gasteiger partial charge on any atom is -0.354 e. The molecule has 0 aliphatic carbocycles. The summed E-state index contributed by atoms with van der Waals surface area (Å²) in [6, 6.07) is 9.73. The van der Waals surface area contributed by atoms with Crippen molar-refractivity contribution in [1.29, 1.82) is 0 Å². The minimum absolute atomic E-state index is 0.00455. The number of benzene rings is 1. The number of piperidine rings is 1. The maximum atomic E-state index is 13.1. The second-order valence-corrected chi connectivity index (χ2v) is 7.52. The first-order valence-electron chi connectivity index (χ1n) is 9.94. The smallest absolute Gasteiger partial charge is 0.354 e. The fourth-order valence-electron chi connectivity index (χ4n) is 3.61. The Morgan fingerprint density at radius 1 is 1.03 bits per heavy atom. The molecule has 0 unspecified atom stereocenters. The lowest BCUT2D eigenvalue weighted by Crippen LogP contribution is -2.41. The Morgan fingerprint density at radius 2 is 1.72 bits per heavy atom. The maximum Gasteiger partial charge on any atom is 0.453 e. The van der Waals surface area contributed by atoms with Crippen LogP contribution in [0.4, 0.5) is 30.4 Å². The van der Waals surface area contributed by atoms with E-state index in [0.717, 1.165) is 0 Å². The second-order valence-electron chi connectivity index (χ2n) is 7.52. The summed E-state index contributed by atoms with van der Waals surface area (Å²) in [5, 5.41) is 16.3. The predicted octanol–water partition coefficient (Wildman–Crippen LogP) is 2.96. The van der Waals surface area contributed by atoms with Gasteiger partial charge >= 0.3 is 6.18 Å². The summed E-state index contributed by atoms with van der Waals surface area (Å²) in [6.07, 6.45) is -3.34. The van der Waals surface area contributed by atoms with Crippen molar-refractivity contribution in [2.45, 2.75) is 25.9 Å². The lowest BCUT2D eigenvalue weighted by atomic mass is 9.97. The van der Waals surface area contributed by atoms with Gasteiger partial charge in [-0.25, -0.2) is 0 Å². The lowest BCUT2D eigenvalue weighted by Gasteiger charge is -2.32. The molecule has 3 heterocycles. The van der Waals surface area contributed by atoms with Crippen molar-refractivity contribution in [3.05, 3.63) is 42.2 Å². The van der Waals surface area contributed by atoms with E-state index in [-0.39, 0.29) is 23.4 Å². The van der Waals surface area contributed by atoms with Crippen LogP contribution in [-0.4, -0.2) is 44.7 Å². The number of carbonyl (C=O) groups is 2. The molecule has 0 bridgehead atoms. The zero-order chi connectivity index (χ0) is 22.9. The largest absolute Gasteiger partial charge is 0.453 e. The third kappa shape index (κ3) is 4.63. The molecule has 2 aromatic heterocycles. The quantitative estimate of drug-likeness (QED) is 0.637. The molecule has 1 atom stereocenters. The molecule has 2 amide bonds. The number of hydrogen-bond donors (Lipinski definition) is 2. The van der Waals surface area contributed by atoms with E-state index in [9.17, 15) is 22.8 Å². The van der Waals surface area contributed by atoms with Gasteiger partial charge in [-0.3, -0.25) is 9.59 Å². The van der Waals surface area contributed by atoms with Crippen LogP contribution in [0.5, 0.6) is 0 Å². The van der Waals surface area contributed by atoms with Crippen molar-refractivity contribution >= 4 is 34.7 Å². The van der Waals surface area contributed by atoms with Gasteiger partial charge in [-0.05, 0) is 49.2 Å². The average molecular weight is 447 g/mol. The number of hydrogen-bond acceptors (Lipinski definition) is 6. The molecule has 168 valence electrons. The standard InChI is InChI=1S/C20H20F3N7O2/c1-12(31)24-14-4-6-15(7-5-14)25-18(32)13-3-2-10-29(11-13)17-9-8-16-26-27-19(20(21,22)23)30(16)28-17/h4-9,13H,2-3,10-11H2,1H3,(H,24,31)(H,25,32)/t13-/m0/s1. The molecule has 1 aromatic carbocycles. The summed E-state index contributed by atoms with van der Waals surface area (Å²) in [6.45, 7) is 2.29. The van der Waals surface area contributed by atoms with Crippen LogP contribution in [0.15, 0.2) is 36.4 Å². The zero-order valence-corrected chi connectivity index (χ0v) is 17.1. The first-order valence-corrected chi connectivity index (χ1v) is 9.94. The molecule has 3 aromatic rings. The molecule has 2 N–H and O–H groups in total. The maximum absolute atomic E-state index is 13.1. The van der Waals surface area contributed by atoms with Gasteiger partial charge in [0.15, 0.2) is 5.65 Å². The van der Waals surface area contributed by atoms with Crippen LogP contribution in [0, 0.1) is 5.92 Å². The van der Waals surface area contributed by atoms with Crippen LogP contribution in [0.3, 0.4) is 0 Å². The Balaban J connectivity index is 1.46. The van der Waals surface area contributed by atoms with Crippen LogP contribution in [-0.2, 0) is 15.8 Å². The summed E-state index contributed by atoms with van der Waals surface area (Å²) in [5.41, 5.74) is 1.20. The number of nitrogens with zero attached hydrogens (tertiary/aromatic N) is 5. The van der Waals surface area contributed by atoms with Gasteiger partial charge < -0.3 is 15.5 Å². The number of amides is 2. The average Bonchev–Trinajstić information content (AvgIpc) is 3.19. The van der Waals surface area contributed by atoms with Gasteiger partial charge in [-0.2, -0.15) is 17.7 Å². The number of nitrogens with one attached hydrogen (secondary N) is 2. The number of fused-ring (bicyclic) bond motifs is 1. The molecule has 0 saturated carbocycles. The van der Waals surface area contributed by atoms with E-state index in [1.165, 1.54) is 13.0 Å². The zero-order valence-electron chi connectivity index (χ0n) is 17.1. The monoisotopic (exact) mass is 447 g/mol. The van der Waals surface area contributed by atoms with E-state index in [1.54, 1.807) is 35.2 Å². The Bertz CT molecular complexity index is 1140. The third-order valence-electron chi connectivity index (χ3n) is 5.09. The summed E-state index contributed by atoms with van der Waals surface area (Å²) < 4.78 is 40.1. The fourth-order valence-corrected chi connectivity index (χ4v) is 3.61. The Labute approximate surface area is 180 Å². The van der Waals surface area contributed by atoms with Gasteiger partial charge in [0.25, 0.3) is 5.82 Å². The predicted molar refractivity (Wildman–Crippen MR) is 110 cm³/mol. The number of anilines is 3. The van der Waals surface area contributed by atoms with Crippen molar-refractivity contribution in [2.24, 2.45) is 5.92 Å². The second kappa shape index (κ2) is 8.44. The molecule has 1 fully saturated rings. The molecule has 32 heavy (non-hydrogen) atoms. The van der Waals surface area contributed by atoms with E-state index in [4.69, 9.17) is 0 Å². The van der Waals surface area contributed by atoms with Crippen LogP contribution in [0.25, 0.3) is 5.65 Å². The molecule has 0 radical (unpaired) electrons. The van der Waals surface area contributed by atoms with Gasteiger partial charge in [0.05, 0.1) is 5.92 Å². The summed E-state index contributed by atoms with van der Waals surface area (Å²) in [4.78, 5) is 25.6. The highest BCUT2D eigenvalue weighted by Crippen LogP contribution is 2.29. The van der Waals surface area contributed by atoms with E-state index in [1.807, 2.05) is 0 Å². The molecule has 1 saturated heterocycles. The van der Waals surface area contributed by atoms with Crippen molar-refractivity contribution in [2.75, 3.05) is 28.6 Å². The number of halogens is 3. The number of aromatic nitrogens is 4. The van der Waals surface area contributed by atoms with Crippen LogP contribution >= 0.6 is 0 Å². The fraction of sp³-hybridized carbons (Fsp3) is 0.350. The summed E-state index contributed by atoms with van der Waals surface area (Å²) in [7, 11) is 0. The molecule has 0 spiro atoms.